The molecule has 5 nitrogen and oxygen atoms in total. The molecule has 196 valence electrons. The van der Waals surface area contributed by atoms with Gasteiger partial charge < -0.3 is 14.2 Å². The van der Waals surface area contributed by atoms with Crippen molar-refractivity contribution in [3.8, 4) is 22.6 Å². The number of ether oxygens (including phenoxy) is 3. The van der Waals surface area contributed by atoms with E-state index in [1.165, 1.54) is 24.3 Å². The maximum Gasteiger partial charge on any atom is 0.425 e. The van der Waals surface area contributed by atoms with Crippen LogP contribution in [0.4, 0.5) is 13.2 Å². The van der Waals surface area contributed by atoms with E-state index in [1.54, 1.807) is 31.4 Å². The summed E-state index contributed by atoms with van der Waals surface area (Å²) in [7, 11) is 1.59. The minimum atomic E-state index is -4.64. The number of carbonyl (C=O) groups is 2. The highest BCUT2D eigenvalue weighted by atomic mass is 19.4. The van der Waals surface area contributed by atoms with Gasteiger partial charge in [0.25, 0.3) is 0 Å². The van der Waals surface area contributed by atoms with Gasteiger partial charge in [0.1, 0.15) is 11.5 Å². The van der Waals surface area contributed by atoms with Gasteiger partial charge >= 0.3 is 18.1 Å². The first-order chi connectivity index (χ1) is 17.7. The van der Waals surface area contributed by atoms with E-state index in [0.717, 1.165) is 29.7 Å². The smallest absolute Gasteiger partial charge is 0.425 e. The van der Waals surface area contributed by atoms with Crippen molar-refractivity contribution in [2.24, 2.45) is 0 Å². The van der Waals surface area contributed by atoms with E-state index < -0.39 is 24.2 Å². The van der Waals surface area contributed by atoms with E-state index >= 15 is 0 Å². The highest BCUT2D eigenvalue weighted by Crippen LogP contribution is 2.28. The molecule has 0 bridgehead atoms. The Bertz CT molecular complexity index is 1150. The van der Waals surface area contributed by atoms with Crippen LogP contribution >= 0.6 is 0 Å². The van der Waals surface area contributed by atoms with Crippen molar-refractivity contribution >= 4 is 11.9 Å². The SMILES string of the molecule is CCCCCCC(OC(=O)c1ccc(OC(=O)c2ccc(-c3ccc(OC)cc3)cc2)cc1)C(F)(F)F. The number of hydrogen-bond donors (Lipinski definition) is 0. The Morgan fingerprint density at radius 3 is 1.78 bits per heavy atom. The standard InChI is InChI=1S/C29H29F3O5/c1-3-4-5-6-7-26(29(30,31)32)37-28(34)23-14-18-25(19-15-23)36-27(33)22-10-8-20(9-11-22)21-12-16-24(35-2)17-13-21/h8-19,26H,3-7H2,1-2H3. The van der Waals surface area contributed by atoms with E-state index in [1.807, 2.05) is 31.2 Å². The molecule has 0 aliphatic rings. The second-order valence-corrected chi connectivity index (χ2v) is 8.50. The molecule has 0 amide bonds. The van der Waals surface area contributed by atoms with E-state index in [9.17, 15) is 22.8 Å². The van der Waals surface area contributed by atoms with Crippen LogP contribution in [0.3, 0.4) is 0 Å². The molecule has 0 saturated heterocycles. The van der Waals surface area contributed by atoms with E-state index in [0.29, 0.717) is 18.4 Å². The van der Waals surface area contributed by atoms with Gasteiger partial charge in [0, 0.05) is 0 Å². The van der Waals surface area contributed by atoms with Gasteiger partial charge in [0.15, 0.2) is 6.10 Å². The van der Waals surface area contributed by atoms with Crippen molar-refractivity contribution < 1.29 is 37.0 Å². The van der Waals surface area contributed by atoms with Gasteiger partial charge in [-0.05, 0) is 72.5 Å². The fourth-order valence-corrected chi connectivity index (χ4v) is 3.65. The van der Waals surface area contributed by atoms with Crippen molar-refractivity contribution in [3.05, 3.63) is 83.9 Å². The summed E-state index contributed by atoms with van der Waals surface area (Å²) < 4.78 is 55.1. The number of rotatable bonds is 11. The number of unbranched alkanes of at least 4 members (excludes halogenated alkanes) is 3. The summed E-state index contributed by atoms with van der Waals surface area (Å²) in [4.78, 5) is 24.8. The van der Waals surface area contributed by atoms with E-state index in [2.05, 4.69) is 0 Å². The quantitative estimate of drug-likeness (QED) is 0.149. The first-order valence-corrected chi connectivity index (χ1v) is 12.1. The molecule has 0 aliphatic carbocycles. The Morgan fingerprint density at radius 1 is 0.730 bits per heavy atom. The van der Waals surface area contributed by atoms with Gasteiger partial charge in [-0.2, -0.15) is 13.2 Å². The minimum absolute atomic E-state index is 0.0635. The van der Waals surface area contributed by atoms with Crippen LogP contribution in [0.2, 0.25) is 0 Å². The summed E-state index contributed by atoms with van der Waals surface area (Å²) in [5.74, 6) is -0.802. The molecule has 3 aromatic rings. The summed E-state index contributed by atoms with van der Waals surface area (Å²) in [6.45, 7) is 1.96. The summed E-state index contributed by atoms with van der Waals surface area (Å²) in [5, 5.41) is 0. The molecule has 0 aromatic heterocycles. The van der Waals surface area contributed by atoms with E-state index in [4.69, 9.17) is 14.2 Å². The van der Waals surface area contributed by atoms with Gasteiger partial charge in [0.05, 0.1) is 18.2 Å². The van der Waals surface area contributed by atoms with Crippen LogP contribution in [0.15, 0.2) is 72.8 Å². The zero-order chi connectivity index (χ0) is 26.8. The largest absolute Gasteiger partial charge is 0.497 e. The average molecular weight is 515 g/mol. The maximum atomic E-state index is 13.3. The molecular formula is C29H29F3O5. The van der Waals surface area contributed by atoms with Gasteiger partial charge in [-0.25, -0.2) is 9.59 Å². The fourth-order valence-electron chi connectivity index (χ4n) is 3.65. The Balaban J connectivity index is 1.58. The third-order valence-corrected chi connectivity index (χ3v) is 5.78. The third kappa shape index (κ3) is 8.10. The van der Waals surface area contributed by atoms with Crippen molar-refractivity contribution in [3.63, 3.8) is 0 Å². The molecule has 0 spiro atoms. The molecule has 8 heteroatoms. The zero-order valence-electron chi connectivity index (χ0n) is 20.7. The van der Waals surface area contributed by atoms with Gasteiger partial charge in [-0.1, -0.05) is 50.5 Å². The first kappa shape index (κ1) is 27.8. The molecular weight excluding hydrogens is 485 g/mol. The summed E-state index contributed by atoms with van der Waals surface area (Å²) in [6, 6.07) is 19.5. The maximum absolute atomic E-state index is 13.3. The summed E-state index contributed by atoms with van der Waals surface area (Å²) >= 11 is 0. The number of methoxy groups -OCH3 is 1. The first-order valence-electron chi connectivity index (χ1n) is 12.1. The third-order valence-electron chi connectivity index (χ3n) is 5.78. The van der Waals surface area contributed by atoms with Gasteiger partial charge in [-0.3, -0.25) is 0 Å². The van der Waals surface area contributed by atoms with Crippen LogP contribution in [-0.2, 0) is 4.74 Å². The Morgan fingerprint density at radius 2 is 1.24 bits per heavy atom. The molecule has 0 fully saturated rings. The lowest BCUT2D eigenvalue weighted by atomic mass is 10.0. The number of halogens is 3. The molecule has 37 heavy (non-hydrogen) atoms. The topological polar surface area (TPSA) is 61.8 Å². The molecule has 0 heterocycles. The molecule has 1 unspecified atom stereocenters. The zero-order valence-corrected chi connectivity index (χ0v) is 20.7. The van der Waals surface area contributed by atoms with Crippen molar-refractivity contribution in [2.45, 2.75) is 51.3 Å². The monoisotopic (exact) mass is 514 g/mol. The molecule has 3 aromatic carbocycles. The lowest BCUT2D eigenvalue weighted by molar-refractivity contribution is -0.206. The lowest BCUT2D eigenvalue weighted by Gasteiger charge is -2.20. The predicted octanol–water partition coefficient (Wildman–Crippen LogP) is 7.64. The van der Waals surface area contributed by atoms with Crippen LogP contribution in [0.25, 0.3) is 11.1 Å². The van der Waals surface area contributed by atoms with Crippen LogP contribution in [0.1, 0.15) is 59.7 Å². The molecule has 0 saturated carbocycles. The summed E-state index contributed by atoms with van der Waals surface area (Å²) in [6.07, 6.45) is -4.39. The molecule has 0 radical (unpaired) electrons. The predicted molar refractivity (Wildman–Crippen MR) is 134 cm³/mol. The van der Waals surface area contributed by atoms with Crippen LogP contribution < -0.4 is 9.47 Å². The second kappa shape index (κ2) is 12.9. The average Bonchev–Trinajstić information content (AvgIpc) is 2.90. The normalized spacial score (nSPS) is 12.0. The van der Waals surface area contributed by atoms with Crippen LogP contribution in [0.5, 0.6) is 11.5 Å². The number of hydrogen-bond acceptors (Lipinski definition) is 5. The number of benzene rings is 3. The summed E-state index contributed by atoms with van der Waals surface area (Å²) in [5.41, 5.74) is 2.12. The van der Waals surface area contributed by atoms with Crippen molar-refractivity contribution in [1.82, 2.24) is 0 Å². The van der Waals surface area contributed by atoms with Gasteiger partial charge in [-0.15, -0.1) is 0 Å². The minimum Gasteiger partial charge on any atom is -0.497 e. The Kier molecular flexibility index (Phi) is 9.71. The number of carbonyl (C=O) groups excluding carboxylic acids is 2. The van der Waals surface area contributed by atoms with Crippen LogP contribution in [0, 0.1) is 0 Å². The Hall–Kier alpha value is -3.81. The van der Waals surface area contributed by atoms with Crippen molar-refractivity contribution in [1.29, 1.82) is 0 Å². The van der Waals surface area contributed by atoms with E-state index in [-0.39, 0.29) is 17.7 Å². The fraction of sp³-hybridized carbons (Fsp3) is 0.310. The highest BCUT2D eigenvalue weighted by molar-refractivity contribution is 5.92. The molecule has 0 N–H and O–H groups in total. The van der Waals surface area contributed by atoms with Crippen molar-refractivity contribution in [2.75, 3.05) is 7.11 Å². The molecule has 1 atom stereocenters. The number of alkyl halides is 3. The Labute approximate surface area is 214 Å². The highest BCUT2D eigenvalue weighted by Gasteiger charge is 2.42. The molecule has 3 rings (SSSR count). The lowest BCUT2D eigenvalue weighted by Crippen LogP contribution is -2.33. The second-order valence-electron chi connectivity index (χ2n) is 8.50. The molecule has 0 aliphatic heterocycles. The number of esters is 2. The van der Waals surface area contributed by atoms with Crippen LogP contribution in [-0.4, -0.2) is 31.3 Å². The van der Waals surface area contributed by atoms with Gasteiger partial charge in [0.2, 0.25) is 0 Å².